The summed E-state index contributed by atoms with van der Waals surface area (Å²) in [7, 11) is -4.50. The zero-order valence-electron chi connectivity index (χ0n) is 6.41. The molecule has 1 rings (SSSR count). The predicted molar refractivity (Wildman–Crippen MR) is 33.1 cm³/mol. The van der Waals surface area contributed by atoms with Crippen LogP contribution < -0.4 is 29.6 Å². The smallest absolute Gasteiger partial charge is 0.746 e. The van der Waals surface area contributed by atoms with Gasteiger partial charge in [-0.2, -0.15) is 0 Å². The summed E-state index contributed by atoms with van der Waals surface area (Å²) in [4.78, 5) is -1.95. The summed E-state index contributed by atoms with van der Waals surface area (Å²) < 4.78 is 31.0. The molecular weight excluding hydrogens is 179 g/mol. The molecule has 60 valence electrons. The van der Waals surface area contributed by atoms with Gasteiger partial charge in [0.25, 0.3) is 0 Å². The van der Waals surface area contributed by atoms with Crippen molar-refractivity contribution in [1.82, 2.24) is 0 Å². The Kier molecular flexibility index (Phi) is 4.02. The van der Waals surface area contributed by atoms with E-state index in [0.717, 1.165) is 0 Å². The quantitative estimate of drug-likeness (QED) is 0.347. The third-order valence-electron chi connectivity index (χ3n) is 1.85. The van der Waals surface area contributed by atoms with E-state index in [9.17, 15) is 13.0 Å². The van der Waals surface area contributed by atoms with E-state index in [4.69, 9.17) is 5.11 Å². The van der Waals surface area contributed by atoms with Gasteiger partial charge in [-0.25, -0.2) is 8.42 Å². The number of aliphatic hydroxyl groups is 1. The molecule has 0 amide bonds. The van der Waals surface area contributed by atoms with Gasteiger partial charge in [0.1, 0.15) is 10.1 Å². The van der Waals surface area contributed by atoms with Crippen molar-refractivity contribution in [2.75, 3.05) is 0 Å². The summed E-state index contributed by atoms with van der Waals surface area (Å²) in [5, 5.41) is 9.13. The van der Waals surface area contributed by atoms with Crippen molar-refractivity contribution >= 4 is 10.1 Å². The fourth-order valence-corrected chi connectivity index (χ4v) is 1.97. The Morgan fingerprint density at radius 3 is 1.82 bits per heavy atom. The number of rotatable bonds is 1. The van der Waals surface area contributed by atoms with Gasteiger partial charge in [0, 0.05) is 0 Å². The minimum Gasteiger partial charge on any atom is -0.746 e. The summed E-state index contributed by atoms with van der Waals surface area (Å²) in [6, 6.07) is 0. The van der Waals surface area contributed by atoms with E-state index in [0.29, 0.717) is 12.8 Å². The topological polar surface area (TPSA) is 77.4 Å². The molecule has 0 aliphatic heterocycles. The van der Waals surface area contributed by atoms with Crippen molar-refractivity contribution < 1.29 is 47.6 Å². The zero-order valence-corrected chi connectivity index (χ0v) is 9.23. The van der Waals surface area contributed by atoms with E-state index in [-0.39, 0.29) is 42.4 Å². The first kappa shape index (κ1) is 11.9. The molecule has 0 bridgehead atoms. The molecule has 0 aromatic heterocycles. The average Bonchev–Trinajstić information content (AvgIpc) is 2.13. The molecule has 4 nitrogen and oxygen atoms in total. The molecule has 11 heavy (non-hydrogen) atoms. The van der Waals surface area contributed by atoms with Crippen LogP contribution in [0, 0.1) is 0 Å². The van der Waals surface area contributed by atoms with Gasteiger partial charge in [0.15, 0.2) is 4.93 Å². The van der Waals surface area contributed by atoms with Crippen molar-refractivity contribution in [3.63, 3.8) is 0 Å². The molecule has 0 radical (unpaired) electrons. The van der Waals surface area contributed by atoms with Crippen LogP contribution in [0.5, 0.6) is 0 Å². The third-order valence-corrected chi connectivity index (χ3v) is 3.19. The van der Waals surface area contributed by atoms with Crippen molar-refractivity contribution in [2.45, 2.75) is 30.6 Å². The van der Waals surface area contributed by atoms with Crippen LogP contribution in [-0.2, 0) is 10.1 Å². The van der Waals surface area contributed by atoms with Crippen molar-refractivity contribution in [3.05, 3.63) is 0 Å². The molecule has 0 aromatic rings. The molecule has 0 saturated heterocycles. The first-order valence-electron chi connectivity index (χ1n) is 3.13. The van der Waals surface area contributed by atoms with Gasteiger partial charge in [-0.3, -0.25) is 0 Å². The van der Waals surface area contributed by atoms with E-state index in [1.807, 2.05) is 0 Å². The second kappa shape index (κ2) is 3.72. The Hall–Kier alpha value is 0.870. The van der Waals surface area contributed by atoms with Crippen molar-refractivity contribution in [3.8, 4) is 0 Å². The van der Waals surface area contributed by atoms with Gasteiger partial charge in [0.05, 0.1) is 0 Å². The molecule has 0 atom stereocenters. The largest absolute Gasteiger partial charge is 1.00 e. The summed E-state index contributed by atoms with van der Waals surface area (Å²) >= 11 is 0. The van der Waals surface area contributed by atoms with Crippen LogP contribution in [0.2, 0.25) is 0 Å². The zero-order chi connectivity index (χ0) is 7.83. The van der Waals surface area contributed by atoms with Gasteiger partial charge >= 0.3 is 29.6 Å². The summed E-state index contributed by atoms with van der Waals surface area (Å²) in [5.74, 6) is 0. The van der Waals surface area contributed by atoms with Crippen LogP contribution in [0.3, 0.4) is 0 Å². The van der Waals surface area contributed by atoms with Gasteiger partial charge in [0.2, 0.25) is 0 Å². The Morgan fingerprint density at radius 2 is 1.64 bits per heavy atom. The standard InChI is InChI=1S/C5H10O4S.Na/c6-5(10(7,8)9)3-1-2-4-5;/h6H,1-4H2,(H,7,8,9);/q;+1/p-1. The summed E-state index contributed by atoms with van der Waals surface area (Å²) in [6.45, 7) is 0. The molecule has 1 saturated carbocycles. The summed E-state index contributed by atoms with van der Waals surface area (Å²) in [6.07, 6.45) is 1.44. The Morgan fingerprint density at radius 1 is 1.27 bits per heavy atom. The fraction of sp³-hybridized carbons (Fsp3) is 1.00. The van der Waals surface area contributed by atoms with Crippen LogP contribution in [0.15, 0.2) is 0 Å². The SMILES string of the molecule is O=S(=O)([O-])C1(O)CCCC1.[Na+]. The second-order valence-electron chi connectivity index (χ2n) is 2.61. The Bertz CT molecular complexity index is 217. The average molecular weight is 188 g/mol. The second-order valence-corrected chi connectivity index (χ2v) is 4.28. The van der Waals surface area contributed by atoms with Crippen LogP contribution in [0.4, 0.5) is 0 Å². The third kappa shape index (κ3) is 2.40. The van der Waals surface area contributed by atoms with E-state index in [2.05, 4.69) is 0 Å². The predicted octanol–water partition coefficient (Wildman–Crippen LogP) is -3.20. The van der Waals surface area contributed by atoms with Crippen LogP contribution in [0.1, 0.15) is 25.7 Å². The molecule has 1 aliphatic carbocycles. The van der Waals surface area contributed by atoms with Gasteiger partial charge < -0.3 is 9.66 Å². The van der Waals surface area contributed by atoms with Crippen LogP contribution in [0.25, 0.3) is 0 Å². The molecule has 1 fully saturated rings. The molecular formula is C5H9NaO4S. The number of hydrogen-bond acceptors (Lipinski definition) is 4. The molecule has 1 aliphatic rings. The minimum absolute atomic E-state index is 0. The maximum Gasteiger partial charge on any atom is 1.00 e. The molecule has 1 N–H and O–H groups in total. The molecule has 0 aromatic carbocycles. The van der Waals surface area contributed by atoms with Crippen molar-refractivity contribution in [1.29, 1.82) is 0 Å². The molecule has 0 spiro atoms. The Balaban J connectivity index is 0.000001000. The maximum absolute atomic E-state index is 10.3. The first-order valence-corrected chi connectivity index (χ1v) is 4.54. The minimum atomic E-state index is -4.50. The monoisotopic (exact) mass is 188 g/mol. The van der Waals surface area contributed by atoms with Gasteiger partial charge in [-0.15, -0.1) is 0 Å². The van der Waals surface area contributed by atoms with Crippen LogP contribution >= 0.6 is 0 Å². The van der Waals surface area contributed by atoms with Gasteiger partial charge in [-0.1, -0.05) is 0 Å². The van der Waals surface area contributed by atoms with E-state index < -0.39 is 15.1 Å². The Labute approximate surface area is 88.0 Å². The number of hydrogen-bond donors (Lipinski definition) is 1. The molecule has 6 heteroatoms. The first-order chi connectivity index (χ1) is 4.46. The maximum atomic E-state index is 10.3. The van der Waals surface area contributed by atoms with E-state index >= 15 is 0 Å². The van der Waals surface area contributed by atoms with Crippen molar-refractivity contribution in [2.24, 2.45) is 0 Å². The molecule has 0 heterocycles. The van der Waals surface area contributed by atoms with E-state index in [1.54, 1.807) is 0 Å². The van der Waals surface area contributed by atoms with Crippen LogP contribution in [-0.4, -0.2) is 23.0 Å². The van der Waals surface area contributed by atoms with Gasteiger partial charge in [-0.05, 0) is 25.7 Å². The fourth-order valence-electron chi connectivity index (χ4n) is 1.18. The summed E-state index contributed by atoms with van der Waals surface area (Å²) in [5.41, 5.74) is 0. The molecule has 0 unspecified atom stereocenters. The van der Waals surface area contributed by atoms with E-state index in [1.165, 1.54) is 0 Å². The normalized spacial score (nSPS) is 22.7.